The maximum Gasteiger partial charge on any atom is 0.468 e. The summed E-state index contributed by atoms with van der Waals surface area (Å²) in [6.45, 7) is 26.9. The maximum absolute atomic E-state index is 6.80. The molecule has 10 rings (SSSR count). The zero-order valence-corrected chi connectivity index (χ0v) is 42.2. The first kappa shape index (κ1) is 46.4. The number of aromatic nitrogens is 3. The lowest BCUT2D eigenvalue weighted by Crippen LogP contribution is -2.59. The van der Waals surface area contributed by atoms with Crippen LogP contribution in [0.3, 0.4) is 0 Å². The van der Waals surface area contributed by atoms with Crippen LogP contribution in [0.1, 0.15) is 94.2 Å². The Morgan fingerprint density at radius 2 is 1.25 bits per heavy atom. The summed E-state index contributed by atoms with van der Waals surface area (Å²) in [4.78, 5) is 14.4. The van der Waals surface area contributed by atoms with Crippen LogP contribution in [-0.2, 0) is 24.5 Å². The van der Waals surface area contributed by atoms with Gasteiger partial charge in [0, 0.05) is 40.3 Å². The quantitative estimate of drug-likeness (QED) is 0.146. The zero-order valence-electron chi connectivity index (χ0n) is 42.2. The van der Waals surface area contributed by atoms with Gasteiger partial charge < -0.3 is 28.3 Å². The van der Waals surface area contributed by atoms with Gasteiger partial charge in [-0.1, -0.05) is 150 Å². The van der Waals surface area contributed by atoms with Crippen molar-refractivity contribution in [3.63, 3.8) is 0 Å². The van der Waals surface area contributed by atoms with Crippen LogP contribution >= 0.6 is 0 Å². The molecule has 8 aromatic rings. The molecule has 0 saturated carbocycles. The van der Waals surface area contributed by atoms with Crippen LogP contribution in [0.5, 0.6) is 11.5 Å². The summed E-state index contributed by atoms with van der Waals surface area (Å²) in [6, 6.07) is 45.1. The van der Waals surface area contributed by atoms with E-state index >= 15 is 0 Å². The highest BCUT2D eigenvalue weighted by Gasteiger charge is 2.52. The zero-order chi connectivity index (χ0) is 48.6. The monoisotopic (exact) mass is 914 g/mol. The van der Waals surface area contributed by atoms with Crippen LogP contribution in [0.15, 0.2) is 146 Å². The summed E-state index contributed by atoms with van der Waals surface area (Å²) in [5.41, 5.74) is 11.6. The molecule has 0 aliphatic carbocycles. The van der Waals surface area contributed by atoms with Gasteiger partial charge in [0.2, 0.25) is 0 Å². The summed E-state index contributed by atoms with van der Waals surface area (Å²) in [5.74, 6) is 2.19. The molecule has 0 atom stereocenters. The molecule has 1 saturated heterocycles. The van der Waals surface area contributed by atoms with E-state index in [0.717, 1.165) is 61.4 Å². The van der Waals surface area contributed by atoms with Crippen LogP contribution in [0.2, 0.25) is 10.6 Å². The van der Waals surface area contributed by atoms with Gasteiger partial charge in [0.05, 0.1) is 40.5 Å². The van der Waals surface area contributed by atoms with E-state index in [2.05, 4.69) is 225 Å². The number of hydrogen-bond acceptors (Lipinski definition) is 8. The van der Waals surface area contributed by atoms with E-state index in [0.29, 0.717) is 18.2 Å². The van der Waals surface area contributed by atoms with Crippen LogP contribution in [0, 0.1) is 0 Å². The maximum atomic E-state index is 6.80. The molecule has 0 unspecified atom stereocenters. The largest absolute Gasteiger partial charge is 0.468 e. The third-order valence-electron chi connectivity index (χ3n) is 13.2. The lowest BCUT2D eigenvalue weighted by atomic mass is 9.50. The van der Waals surface area contributed by atoms with Crippen LogP contribution in [-0.4, -0.2) is 42.6 Å². The number of ether oxygens (including phenoxy) is 1. The van der Waals surface area contributed by atoms with E-state index in [1.165, 1.54) is 16.7 Å². The van der Waals surface area contributed by atoms with Crippen LogP contribution in [0.4, 0.5) is 22.7 Å². The first-order valence-corrected chi connectivity index (χ1v) is 24.2. The molecule has 348 valence electrons. The highest BCUT2D eigenvalue weighted by Crippen LogP contribution is 2.48. The molecule has 1 fully saturated rings. The van der Waals surface area contributed by atoms with Crippen molar-refractivity contribution in [2.24, 2.45) is 0 Å². The van der Waals surface area contributed by atoms with E-state index < -0.39 is 21.4 Å². The van der Waals surface area contributed by atoms with Crippen LogP contribution in [0.25, 0.3) is 38.8 Å². The van der Waals surface area contributed by atoms with E-state index in [9.17, 15) is 0 Å². The van der Waals surface area contributed by atoms with Crippen molar-refractivity contribution >= 4 is 71.4 Å². The van der Waals surface area contributed by atoms with Gasteiger partial charge in [-0.15, -0.1) is 0 Å². The van der Waals surface area contributed by atoms with Gasteiger partial charge >= 0.3 is 21.4 Å². The molecule has 2 aliphatic heterocycles. The third-order valence-corrected chi connectivity index (χ3v) is 13.2. The standard InChI is InChI=1S/C57H62B3N5O4/c1-54(2,3)40-29-30-62-52(32-40)65-48-28-25-39(38-19-14-13-15-20-38)31-45(48)44-27-26-42(34-51(44)65)66-43-33-41(35-61-36-43)63-37-64(50-24-17-16-23-49(50)63)53-46(55(4,5)6)21-18-22-47(53)58-67-59(56(7,8)9)69-60(68-58)57(10,11)12/h13-36H,37H2,1-12H3. The second kappa shape index (κ2) is 17.3. The topological polar surface area (TPSA) is 74.1 Å². The molecule has 9 nitrogen and oxygen atoms in total. The lowest BCUT2D eigenvalue weighted by molar-refractivity contribution is 0.250. The highest BCUT2D eigenvalue weighted by atomic mass is 16.7. The molecule has 12 heteroatoms. The van der Waals surface area contributed by atoms with Crippen molar-refractivity contribution in [3.8, 4) is 28.4 Å². The van der Waals surface area contributed by atoms with Gasteiger partial charge in [-0.05, 0) is 92.2 Å². The Kier molecular flexibility index (Phi) is 11.6. The number of benzene rings is 5. The van der Waals surface area contributed by atoms with Crippen molar-refractivity contribution in [1.29, 1.82) is 0 Å². The van der Waals surface area contributed by atoms with Crippen molar-refractivity contribution in [3.05, 3.63) is 157 Å². The van der Waals surface area contributed by atoms with E-state index in [4.69, 9.17) is 28.4 Å². The fourth-order valence-electron chi connectivity index (χ4n) is 9.56. The fraction of sp³-hybridized carbons (Fsp3) is 0.298. The molecule has 5 heterocycles. The summed E-state index contributed by atoms with van der Waals surface area (Å²) < 4.78 is 29.2. The molecule has 2 aliphatic rings. The number of hydrogen-bond donors (Lipinski definition) is 0. The summed E-state index contributed by atoms with van der Waals surface area (Å²) >= 11 is 0. The van der Waals surface area contributed by atoms with Gasteiger partial charge in [-0.3, -0.25) is 9.55 Å². The number of para-hydroxylation sites is 3. The van der Waals surface area contributed by atoms with Crippen molar-refractivity contribution < 1.29 is 18.5 Å². The Bertz CT molecular complexity index is 3180. The summed E-state index contributed by atoms with van der Waals surface area (Å²) in [5, 5.41) is 1.71. The molecular formula is C57H62B3N5O4. The molecule has 0 amide bonds. The molecule has 5 aromatic carbocycles. The molecular weight excluding hydrogens is 851 g/mol. The molecule has 3 aromatic heterocycles. The number of anilines is 4. The molecule has 0 radical (unpaired) electrons. The molecule has 0 N–H and O–H groups in total. The van der Waals surface area contributed by atoms with Crippen molar-refractivity contribution in [2.45, 2.75) is 105 Å². The predicted molar refractivity (Wildman–Crippen MR) is 287 cm³/mol. The Balaban J connectivity index is 1.03. The summed E-state index contributed by atoms with van der Waals surface area (Å²) in [6.07, 6.45) is 5.62. The molecule has 69 heavy (non-hydrogen) atoms. The smallest absolute Gasteiger partial charge is 0.456 e. The van der Waals surface area contributed by atoms with Crippen LogP contribution < -0.4 is 20.0 Å². The Morgan fingerprint density at radius 1 is 0.551 bits per heavy atom. The molecule has 0 spiro atoms. The number of fused-ring (bicyclic) bond motifs is 4. The predicted octanol–water partition coefficient (Wildman–Crippen LogP) is 14.2. The normalized spacial score (nSPS) is 14.9. The number of rotatable bonds is 7. The average Bonchev–Trinajstić information content (AvgIpc) is 3.86. The minimum atomic E-state index is -0.663. The van der Waals surface area contributed by atoms with Gasteiger partial charge in [0.1, 0.15) is 24.0 Å². The minimum absolute atomic E-state index is 0.0481. The molecule has 0 bridgehead atoms. The first-order chi connectivity index (χ1) is 32.7. The Hall–Kier alpha value is -6.33. The Morgan fingerprint density at radius 3 is 1.93 bits per heavy atom. The van der Waals surface area contributed by atoms with Crippen molar-refractivity contribution in [1.82, 2.24) is 14.5 Å². The second-order valence-corrected chi connectivity index (χ2v) is 22.9. The van der Waals surface area contributed by atoms with Gasteiger partial charge in [-0.25, -0.2) is 4.98 Å². The second-order valence-electron chi connectivity index (χ2n) is 22.9. The van der Waals surface area contributed by atoms with E-state index in [1.54, 1.807) is 6.20 Å². The highest BCUT2D eigenvalue weighted by molar-refractivity contribution is 6.81. The summed E-state index contributed by atoms with van der Waals surface area (Å²) in [7, 11) is -1.62. The van der Waals surface area contributed by atoms with Crippen molar-refractivity contribution in [2.75, 3.05) is 16.5 Å². The number of nitrogens with zero attached hydrogens (tertiary/aromatic N) is 5. The third kappa shape index (κ3) is 8.95. The minimum Gasteiger partial charge on any atom is -0.456 e. The first-order valence-electron chi connectivity index (χ1n) is 24.2. The van der Waals surface area contributed by atoms with E-state index in [1.807, 2.05) is 12.4 Å². The van der Waals surface area contributed by atoms with Gasteiger partial charge in [0.25, 0.3) is 0 Å². The Labute approximate surface area is 409 Å². The van der Waals surface area contributed by atoms with Gasteiger partial charge in [0.15, 0.2) is 0 Å². The average molecular weight is 914 g/mol. The fourth-order valence-corrected chi connectivity index (χ4v) is 9.56. The SMILES string of the molecule is CC(C)(C)B1OB(c2cccc(C(C)(C)C)c2N2CN(c3cncc(Oc4ccc5c6cc(-c7ccccc7)ccc6n(-c6cc(C(C)(C)C)ccn6)c5c4)c3)c3ccccc32)OB(C(C)(C)C)O1. The number of pyridine rings is 2. The van der Waals surface area contributed by atoms with Gasteiger partial charge in [-0.2, -0.15) is 0 Å². The van der Waals surface area contributed by atoms with E-state index in [-0.39, 0.29) is 21.5 Å². The lowest BCUT2D eigenvalue weighted by Gasteiger charge is -2.42.